The van der Waals surface area contributed by atoms with Crippen LogP contribution in [0.5, 0.6) is 0 Å². The molecule has 82 valence electrons. The smallest absolute Gasteiger partial charge is 0.0761 e. The van der Waals surface area contributed by atoms with Crippen molar-refractivity contribution in [3.63, 3.8) is 0 Å². The molecule has 0 fully saturated rings. The molecule has 1 aliphatic rings. The van der Waals surface area contributed by atoms with Crippen LogP contribution >= 0.6 is 0 Å². The molecule has 1 nitrogen and oxygen atoms in total. The van der Waals surface area contributed by atoms with Gasteiger partial charge >= 0.3 is 0 Å². The molecule has 1 heteroatoms. The van der Waals surface area contributed by atoms with Gasteiger partial charge in [0.15, 0.2) is 0 Å². The van der Waals surface area contributed by atoms with Crippen LogP contribution in [0.4, 0.5) is 0 Å². The van der Waals surface area contributed by atoms with E-state index in [4.69, 9.17) is 0 Å². The van der Waals surface area contributed by atoms with Gasteiger partial charge in [0.2, 0.25) is 0 Å². The Bertz CT molecular complexity index is 225. The van der Waals surface area contributed by atoms with Crippen molar-refractivity contribution in [1.82, 2.24) is 0 Å². The first-order chi connectivity index (χ1) is 6.49. The fourth-order valence-electron chi connectivity index (χ4n) is 2.86. The standard InChI is InChI=1S/C13H24O/c1-6-10-7-11(14)13(9(4)5)12(10)8(2)3/h8-11,14H,6-7H2,1-5H3. The van der Waals surface area contributed by atoms with Crippen LogP contribution < -0.4 is 0 Å². The van der Waals surface area contributed by atoms with Gasteiger partial charge in [-0.2, -0.15) is 0 Å². The van der Waals surface area contributed by atoms with Gasteiger partial charge in [-0.25, -0.2) is 0 Å². The van der Waals surface area contributed by atoms with Crippen LogP contribution in [0.1, 0.15) is 47.5 Å². The van der Waals surface area contributed by atoms with Crippen molar-refractivity contribution in [2.75, 3.05) is 0 Å². The molecular formula is C13H24O. The Balaban J connectivity index is 3.04. The molecule has 0 aliphatic heterocycles. The molecule has 0 bridgehead atoms. The summed E-state index contributed by atoms with van der Waals surface area (Å²) < 4.78 is 0. The van der Waals surface area contributed by atoms with Crippen molar-refractivity contribution in [2.24, 2.45) is 17.8 Å². The van der Waals surface area contributed by atoms with Gasteiger partial charge in [0.1, 0.15) is 0 Å². The second kappa shape index (κ2) is 4.48. The molecule has 1 rings (SSSR count). The van der Waals surface area contributed by atoms with E-state index in [9.17, 15) is 5.11 Å². The first-order valence-electron chi connectivity index (χ1n) is 5.90. The van der Waals surface area contributed by atoms with E-state index in [2.05, 4.69) is 34.6 Å². The zero-order valence-corrected chi connectivity index (χ0v) is 10.2. The van der Waals surface area contributed by atoms with E-state index in [1.54, 1.807) is 0 Å². The highest BCUT2D eigenvalue weighted by molar-refractivity contribution is 5.29. The molecule has 0 amide bonds. The van der Waals surface area contributed by atoms with E-state index in [0.717, 1.165) is 6.42 Å². The summed E-state index contributed by atoms with van der Waals surface area (Å²) in [5, 5.41) is 10.0. The normalized spacial score (nSPS) is 28.3. The molecule has 0 aromatic carbocycles. The first kappa shape index (κ1) is 11.8. The number of aliphatic hydroxyl groups excluding tert-OH is 1. The predicted molar refractivity (Wildman–Crippen MR) is 61.1 cm³/mol. The minimum Gasteiger partial charge on any atom is -0.389 e. The monoisotopic (exact) mass is 196 g/mol. The summed E-state index contributed by atoms with van der Waals surface area (Å²) in [6.07, 6.45) is 1.95. The van der Waals surface area contributed by atoms with Crippen molar-refractivity contribution >= 4 is 0 Å². The van der Waals surface area contributed by atoms with Crippen LogP contribution in [0.25, 0.3) is 0 Å². The maximum atomic E-state index is 10.0. The molecule has 0 heterocycles. The highest BCUT2D eigenvalue weighted by atomic mass is 16.3. The van der Waals surface area contributed by atoms with E-state index < -0.39 is 0 Å². The fourth-order valence-corrected chi connectivity index (χ4v) is 2.86. The lowest BCUT2D eigenvalue weighted by atomic mass is 9.87. The van der Waals surface area contributed by atoms with E-state index in [-0.39, 0.29) is 6.10 Å². The average Bonchev–Trinajstić information content (AvgIpc) is 2.41. The number of allylic oxidation sites excluding steroid dienone is 1. The maximum absolute atomic E-state index is 10.0. The van der Waals surface area contributed by atoms with Crippen molar-refractivity contribution < 1.29 is 5.11 Å². The molecule has 1 N–H and O–H groups in total. The van der Waals surface area contributed by atoms with Gasteiger partial charge in [-0.05, 0) is 36.2 Å². The van der Waals surface area contributed by atoms with Crippen LogP contribution in [0.3, 0.4) is 0 Å². The van der Waals surface area contributed by atoms with Gasteiger partial charge in [-0.3, -0.25) is 0 Å². The van der Waals surface area contributed by atoms with E-state index >= 15 is 0 Å². The van der Waals surface area contributed by atoms with Crippen molar-refractivity contribution in [3.05, 3.63) is 11.1 Å². The van der Waals surface area contributed by atoms with Crippen molar-refractivity contribution in [3.8, 4) is 0 Å². The lowest BCUT2D eigenvalue weighted by Crippen LogP contribution is -2.11. The zero-order valence-electron chi connectivity index (χ0n) is 10.2. The highest BCUT2D eigenvalue weighted by Gasteiger charge is 2.33. The Morgan fingerprint density at radius 1 is 1.14 bits per heavy atom. The largest absolute Gasteiger partial charge is 0.389 e. The summed E-state index contributed by atoms with van der Waals surface area (Å²) in [5.41, 5.74) is 2.86. The molecule has 0 aromatic heterocycles. The molecule has 1 aliphatic carbocycles. The molecule has 0 aromatic rings. The third kappa shape index (κ3) is 2.03. The maximum Gasteiger partial charge on any atom is 0.0761 e. The van der Waals surface area contributed by atoms with E-state index in [1.165, 1.54) is 17.6 Å². The molecule has 14 heavy (non-hydrogen) atoms. The molecule has 0 saturated carbocycles. The minimum absolute atomic E-state index is 0.169. The minimum atomic E-state index is -0.169. The number of hydrogen-bond acceptors (Lipinski definition) is 1. The summed E-state index contributed by atoms with van der Waals surface area (Å²) in [6, 6.07) is 0. The summed E-state index contributed by atoms with van der Waals surface area (Å²) in [4.78, 5) is 0. The lowest BCUT2D eigenvalue weighted by Gasteiger charge is -2.19. The molecule has 0 spiro atoms. The molecule has 2 unspecified atom stereocenters. The second-order valence-electron chi connectivity index (χ2n) is 5.08. The van der Waals surface area contributed by atoms with E-state index in [0.29, 0.717) is 17.8 Å². The van der Waals surface area contributed by atoms with Gasteiger partial charge in [0.05, 0.1) is 6.10 Å². The Kier molecular flexibility index (Phi) is 3.77. The van der Waals surface area contributed by atoms with Gasteiger partial charge in [-0.15, -0.1) is 0 Å². The van der Waals surface area contributed by atoms with Crippen LogP contribution in [0.2, 0.25) is 0 Å². The van der Waals surface area contributed by atoms with Crippen LogP contribution in [-0.2, 0) is 0 Å². The lowest BCUT2D eigenvalue weighted by molar-refractivity contribution is 0.190. The molecule has 0 radical (unpaired) electrons. The van der Waals surface area contributed by atoms with Crippen molar-refractivity contribution in [1.29, 1.82) is 0 Å². The Hall–Kier alpha value is -0.300. The number of hydrogen-bond donors (Lipinski definition) is 1. The third-order valence-electron chi connectivity index (χ3n) is 3.38. The quantitative estimate of drug-likeness (QED) is 0.686. The van der Waals surface area contributed by atoms with Gasteiger partial charge in [0.25, 0.3) is 0 Å². The summed E-state index contributed by atoms with van der Waals surface area (Å²) in [5.74, 6) is 1.72. The van der Waals surface area contributed by atoms with Crippen LogP contribution in [0, 0.1) is 17.8 Å². The van der Waals surface area contributed by atoms with Crippen LogP contribution in [0.15, 0.2) is 11.1 Å². The molecule has 0 saturated heterocycles. The third-order valence-corrected chi connectivity index (χ3v) is 3.38. The topological polar surface area (TPSA) is 20.2 Å². The first-order valence-corrected chi connectivity index (χ1v) is 5.90. The summed E-state index contributed by atoms with van der Waals surface area (Å²) in [7, 11) is 0. The summed E-state index contributed by atoms with van der Waals surface area (Å²) in [6.45, 7) is 11.1. The Morgan fingerprint density at radius 2 is 1.64 bits per heavy atom. The number of rotatable bonds is 3. The average molecular weight is 196 g/mol. The Labute approximate surface area is 88.2 Å². The predicted octanol–water partition coefficient (Wildman–Crippen LogP) is 3.39. The highest BCUT2D eigenvalue weighted by Crippen LogP contribution is 2.41. The summed E-state index contributed by atoms with van der Waals surface area (Å²) >= 11 is 0. The van der Waals surface area contributed by atoms with Crippen LogP contribution in [-0.4, -0.2) is 11.2 Å². The zero-order chi connectivity index (χ0) is 10.9. The van der Waals surface area contributed by atoms with Gasteiger partial charge in [-0.1, -0.05) is 40.2 Å². The molecular weight excluding hydrogens is 172 g/mol. The van der Waals surface area contributed by atoms with E-state index in [1.807, 2.05) is 0 Å². The molecule has 2 atom stereocenters. The second-order valence-corrected chi connectivity index (χ2v) is 5.08. The Morgan fingerprint density at radius 3 is 2.00 bits per heavy atom. The number of aliphatic hydroxyl groups is 1. The fraction of sp³-hybridized carbons (Fsp3) is 0.846. The SMILES string of the molecule is CCC1CC(O)C(C(C)C)=C1C(C)C. The van der Waals surface area contributed by atoms with Gasteiger partial charge in [0, 0.05) is 0 Å². The van der Waals surface area contributed by atoms with Crippen molar-refractivity contribution in [2.45, 2.75) is 53.6 Å². The van der Waals surface area contributed by atoms with Gasteiger partial charge < -0.3 is 5.11 Å².